The lowest BCUT2D eigenvalue weighted by molar-refractivity contribution is -0.146. The number of benzene rings is 1. The van der Waals surface area contributed by atoms with E-state index in [0.29, 0.717) is 0 Å². The Bertz CT molecular complexity index is 346. The van der Waals surface area contributed by atoms with Gasteiger partial charge in [-0.1, -0.05) is 42.1 Å². The van der Waals surface area contributed by atoms with Gasteiger partial charge in [0.1, 0.15) is 5.25 Å². The molecule has 0 spiro atoms. The van der Waals surface area contributed by atoms with Crippen LogP contribution in [0.15, 0.2) is 30.3 Å². The minimum Gasteiger partial charge on any atom is -0.447 e. The molecule has 1 heterocycles. The lowest BCUT2D eigenvalue weighted by Gasteiger charge is -2.13. The van der Waals surface area contributed by atoms with Crippen LogP contribution in [0.25, 0.3) is 0 Å². The predicted octanol–water partition coefficient (Wildman–Crippen LogP) is 2.75. The smallest absolute Gasteiger partial charge is 0.325 e. The Hall–Kier alpha value is -0.960. The Labute approximate surface area is 87.6 Å². The van der Waals surface area contributed by atoms with E-state index in [1.807, 2.05) is 44.2 Å². The highest BCUT2D eigenvalue weighted by atomic mass is 32.2. The molecule has 1 aromatic carbocycles. The summed E-state index contributed by atoms with van der Waals surface area (Å²) in [7, 11) is 0. The summed E-state index contributed by atoms with van der Waals surface area (Å²) in [4.78, 5) is 11.2. The molecular formula is C11H12O2S. The summed E-state index contributed by atoms with van der Waals surface area (Å²) < 4.78 is 5.24. The van der Waals surface area contributed by atoms with Crippen LogP contribution < -0.4 is 0 Å². The number of hydrogen-bond acceptors (Lipinski definition) is 3. The first-order valence-corrected chi connectivity index (χ1v) is 5.42. The second kappa shape index (κ2) is 3.31. The third-order valence-electron chi connectivity index (χ3n) is 2.06. The van der Waals surface area contributed by atoms with Gasteiger partial charge in [-0.15, -0.1) is 0 Å². The number of rotatable bonds is 1. The predicted molar refractivity (Wildman–Crippen MR) is 56.9 cm³/mol. The lowest BCUT2D eigenvalue weighted by Crippen LogP contribution is -2.14. The van der Waals surface area contributed by atoms with Crippen LogP contribution in [-0.4, -0.2) is 10.9 Å². The molecule has 0 amide bonds. The van der Waals surface area contributed by atoms with Crippen LogP contribution in [0, 0.1) is 0 Å². The van der Waals surface area contributed by atoms with Gasteiger partial charge in [-0.25, -0.2) is 0 Å². The minimum absolute atomic E-state index is 0.133. The molecular weight excluding hydrogens is 196 g/mol. The van der Waals surface area contributed by atoms with E-state index in [9.17, 15) is 4.79 Å². The molecule has 1 atom stereocenters. The summed E-state index contributed by atoms with van der Waals surface area (Å²) >= 11 is 1.56. The van der Waals surface area contributed by atoms with Crippen molar-refractivity contribution in [1.29, 1.82) is 0 Å². The molecule has 2 nitrogen and oxygen atoms in total. The Morgan fingerprint density at radius 3 is 2.43 bits per heavy atom. The maximum Gasteiger partial charge on any atom is 0.325 e. The standard InChI is InChI=1S/C11H12O2S/c1-11(2)13-10(12)9(14-11)8-6-4-3-5-7-8/h3-7,9H,1-2H3. The van der Waals surface area contributed by atoms with Crippen molar-refractivity contribution >= 4 is 17.7 Å². The maximum atomic E-state index is 11.5. The summed E-state index contributed by atoms with van der Waals surface area (Å²) in [5.74, 6) is -0.133. The largest absolute Gasteiger partial charge is 0.447 e. The van der Waals surface area contributed by atoms with Crippen LogP contribution in [0.3, 0.4) is 0 Å². The highest BCUT2D eigenvalue weighted by Crippen LogP contribution is 2.46. The summed E-state index contributed by atoms with van der Waals surface area (Å²) in [6.07, 6.45) is 0. The van der Waals surface area contributed by atoms with Crippen LogP contribution in [0.5, 0.6) is 0 Å². The quantitative estimate of drug-likeness (QED) is 0.664. The van der Waals surface area contributed by atoms with Gasteiger partial charge in [-0.05, 0) is 19.4 Å². The van der Waals surface area contributed by atoms with Crippen molar-refractivity contribution in [2.75, 3.05) is 0 Å². The molecule has 0 N–H and O–H groups in total. The normalized spacial score (nSPS) is 24.7. The summed E-state index contributed by atoms with van der Waals surface area (Å²) in [5.41, 5.74) is 1.02. The van der Waals surface area contributed by atoms with Gasteiger partial charge in [0.15, 0.2) is 4.93 Å². The van der Waals surface area contributed by atoms with E-state index in [4.69, 9.17) is 4.74 Å². The summed E-state index contributed by atoms with van der Waals surface area (Å²) in [6, 6.07) is 9.74. The fraction of sp³-hybridized carbons (Fsp3) is 0.364. The van der Waals surface area contributed by atoms with Crippen molar-refractivity contribution in [3.8, 4) is 0 Å². The van der Waals surface area contributed by atoms with Gasteiger partial charge in [0.25, 0.3) is 0 Å². The average Bonchev–Trinajstić information content (AvgIpc) is 2.41. The van der Waals surface area contributed by atoms with Gasteiger partial charge in [0, 0.05) is 0 Å². The highest BCUT2D eigenvalue weighted by molar-refractivity contribution is 8.01. The molecule has 1 aliphatic rings. The van der Waals surface area contributed by atoms with Crippen LogP contribution in [-0.2, 0) is 9.53 Å². The average molecular weight is 208 g/mol. The zero-order valence-electron chi connectivity index (χ0n) is 8.19. The summed E-state index contributed by atoms with van der Waals surface area (Å²) in [5, 5.41) is -0.161. The zero-order valence-corrected chi connectivity index (χ0v) is 9.01. The van der Waals surface area contributed by atoms with Gasteiger partial charge in [-0.2, -0.15) is 0 Å². The molecule has 0 saturated carbocycles. The second-order valence-corrected chi connectivity index (χ2v) is 5.42. The number of cyclic esters (lactones) is 1. The van der Waals surface area contributed by atoms with Crippen molar-refractivity contribution in [3.63, 3.8) is 0 Å². The maximum absolute atomic E-state index is 11.5. The first-order chi connectivity index (χ1) is 6.58. The molecule has 3 heteroatoms. The second-order valence-electron chi connectivity index (χ2n) is 3.73. The molecule has 0 radical (unpaired) electrons. The molecule has 0 aliphatic carbocycles. The SMILES string of the molecule is CC1(C)OC(=O)C(c2ccccc2)S1. The van der Waals surface area contributed by atoms with E-state index in [1.165, 1.54) is 0 Å². The number of carbonyl (C=O) groups excluding carboxylic acids is 1. The Morgan fingerprint density at radius 1 is 1.29 bits per heavy atom. The third-order valence-corrected chi connectivity index (χ3v) is 3.42. The molecule has 74 valence electrons. The van der Waals surface area contributed by atoms with Gasteiger partial charge in [0.05, 0.1) is 0 Å². The molecule has 2 rings (SSSR count). The van der Waals surface area contributed by atoms with Crippen molar-refractivity contribution < 1.29 is 9.53 Å². The number of thioether (sulfide) groups is 1. The first-order valence-electron chi connectivity index (χ1n) is 4.54. The van der Waals surface area contributed by atoms with Crippen molar-refractivity contribution in [3.05, 3.63) is 35.9 Å². The molecule has 14 heavy (non-hydrogen) atoms. The fourth-order valence-electron chi connectivity index (χ4n) is 1.48. The molecule has 1 unspecified atom stereocenters. The third kappa shape index (κ3) is 1.77. The first kappa shape index (κ1) is 9.59. The van der Waals surface area contributed by atoms with E-state index < -0.39 is 4.93 Å². The van der Waals surface area contributed by atoms with Gasteiger partial charge in [-0.3, -0.25) is 4.79 Å². The van der Waals surface area contributed by atoms with Crippen LogP contribution >= 0.6 is 11.8 Å². The topological polar surface area (TPSA) is 26.3 Å². The molecule has 1 aliphatic heterocycles. The van der Waals surface area contributed by atoms with Crippen molar-refractivity contribution in [2.24, 2.45) is 0 Å². The van der Waals surface area contributed by atoms with Crippen LogP contribution in [0.1, 0.15) is 24.7 Å². The molecule has 0 aromatic heterocycles. The van der Waals surface area contributed by atoms with Crippen molar-refractivity contribution in [1.82, 2.24) is 0 Å². The summed E-state index contributed by atoms with van der Waals surface area (Å²) in [6.45, 7) is 3.83. The Balaban J connectivity index is 2.26. The van der Waals surface area contributed by atoms with Gasteiger partial charge < -0.3 is 4.74 Å². The number of ether oxygens (including phenoxy) is 1. The molecule has 0 bridgehead atoms. The van der Waals surface area contributed by atoms with E-state index >= 15 is 0 Å². The number of carbonyl (C=O) groups is 1. The van der Waals surface area contributed by atoms with Crippen LogP contribution in [0.2, 0.25) is 0 Å². The number of hydrogen-bond donors (Lipinski definition) is 0. The van der Waals surface area contributed by atoms with Crippen LogP contribution in [0.4, 0.5) is 0 Å². The minimum atomic E-state index is -0.391. The zero-order chi connectivity index (χ0) is 10.2. The van der Waals surface area contributed by atoms with Crippen molar-refractivity contribution in [2.45, 2.75) is 24.0 Å². The molecule has 1 fully saturated rings. The van der Waals surface area contributed by atoms with Gasteiger partial charge in [0.2, 0.25) is 0 Å². The van der Waals surface area contributed by atoms with E-state index in [-0.39, 0.29) is 11.2 Å². The van der Waals surface area contributed by atoms with E-state index in [2.05, 4.69) is 0 Å². The highest BCUT2D eigenvalue weighted by Gasteiger charge is 2.41. The molecule has 1 saturated heterocycles. The monoisotopic (exact) mass is 208 g/mol. The number of esters is 1. The Morgan fingerprint density at radius 2 is 1.93 bits per heavy atom. The van der Waals surface area contributed by atoms with E-state index in [0.717, 1.165) is 5.56 Å². The Kier molecular flexibility index (Phi) is 2.27. The van der Waals surface area contributed by atoms with Gasteiger partial charge >= 0.3 is 5.97 Å². The molecule has 1 aromatic rings. The lowest BCUT2D eigenvalue weighted by atomic mass is 10.1. The van der Waals surface area contributed by atoms with E-state index in [1.54, 1.807) is 11.8 Å². The fourth-order valence-corrected chi connectivity index (χ4v) is 2.62.